The highest BCUT2D eigenvalue weighted by Crippen LogP contribution is 2.30. The third kappa shape index (κ3) is 3.27. The molecule has 0 N–H and O–H groups in total. The van der Waals surface area contributed by atoms with Gasteiger partial charge in [-0.15, -0.1) is 11.3 Å². The molecule has 3 aromatic heterocycles. The molecule has 1 fully saturated rings. The Balaban J connectivity index is 1.58. The van der Waals surface area contributed by atoms with Gasteiger partial charge in [-0.1, -0.05) is 0 Å². The lowest BCUT2D eigenvalue weighted by Crippen LogP contribution is -2.47. The maximum Gasteiger partial charge on any atom is 0.376 e. The van der Waals surface area contributed by atoms with Crippen molar-refractivity contribution in [2.75, 3.05) is 43.1 Å². The Bertz CT molecular complexity index is 1040. The molecule has 0 spiro atoms. The zero-order valence-corrected chi connectivity index (χ0v) is 15.4. The van der Waals surface area contributed by atoms with Crippen LogP contribution in [-0.2, 0) is 4.74 Å². The first-order chi connectivity index (χ1) is 13.2. The van der Waals surface area contributed by atoms with Crippen molar-refractivity contribution in [3.8, 4) is 6.07 Å². The van der Waals surface area contributed by atoms with E-state index in [1.807, 2.05) is 11.4 Å². The number of hydrogen-bond acceptors (Lipinski definition) is 9. The molecule has 4 rings (SSSR count). The Labute approximate surface area is 159 Å². The van der Waals surface area contributed by atoms with E-state index in [2.05, 4.69) is 30.8 Å². The number of carbonyl (C=O) groups excluding carboxylic acids is 1. The summed E-state index contributed by atoms with van der Waals surface area (Å²) in [5.41, 5.74) is 1.34. The fraction of sp³-hybridized carbons (Fsp3) is 0.278. The maximum atomic E-state index is 11.9. The predicted molar refractivity (Wildman–Crippen MR) is 102 cm³/mol. The fourth-order valence-corrected chi connectivity index (χ4v) is 3.90. The van der Waals surface area contributed by atoms with Crippen LogP contribution in [-0.4, -0.2) is 54.2 Å². The number of piperazine rings is 1. The second-order valence-corrected chi connectivity index (χ2v) is 6.90. The van der Waals surface area contributed by atoms with Crippen LogP contribution >= 0.6 is 11.3 Å². The number of thiophene rings is 1. The van der Waals surface area contributed by atoms with Crippen molar-refractivity contribution in [2.24, 2.45) is 0 Å². The quantitative estimate of drug-likeness (QED) is 0.637. The van der Waals surface area contributed by atoms with Crippen LogP contribution < -0.4 is 9.80 Å². The number of aromatic nitrogens is 3. The first-order valence-corrected chi connectivity index (χ1v) is 9.27. The molecule has 9 heteroatoms. The van der Waals surface area contributed by atoms with Gasteiger partial charge in [-0.3, -0.25) is 0 Å². The first-order valence-electron chi connectivity index (χ1n) is 8.39. The molecule has 3 aromatic rings. The van der Waals surface area contributed by atoms with Gasteiger partial charge in [-0.25, -0.2) is 19.7 Å². The summed E-state index contributed by atoms with van der Waals surface area (Å²) >= 11 is 1.56. The molecule has 1 saturated heterocycles. The number of fused-ring (bicyclic) bond motifs is 1. The van der Waals surface area contributed by atoms with Crippen LogP contribution in [0.5, 0.6) is 0 Å². The highest BCUT2D eigenvalue weighted by atomic mass is 32.1. The summed E-state index contributed by atoms with van der Waals surface area (Å²) in [6, 6.07) is 7.52. The summed E-state index contributed by atoms with van der Waals surface area (Å²) in [7, 11) is 1.32. The summed E-state index contributed by atoms with van der Waals surface area (Å²) in [5.74, 6) is 1.09. The Hall–Kier alpha value is -3.25. The maximum absolute atomic E-state index is 11.9. The normalized spacial score (nSPS) is 14.2. The molecular formula is C18H16N6O2S. The van der Waals surface area contributed by atoms with Crippen LogP contribution in [0.25, 0.3) is 10.2 Å². The van der Waals surface area contributed by atoms with Gasteiger partial charge in [0, 0.05) is 32.4 Å². The summed E-state index contributed by atoms with van der Waals surface area (Å²) in [4.78, 5) is 29.3. The second kappa shape index (κ2) is 7.17. The van der Waals surface area contributed by atoms with Crippen LogP contribution in [0, 0.1) is 11.3 Å². The molecule has 1 aliphatic heterocycles. The zero-order chi connectivity index (χ0) is 18.8. The zero-order valence-electron chi connectivity index (χ0n) is 14.6. The van der Waals surface area contributed by atoms with E-state index in [4.69, 9.17) is 10.00 Å². The minimum Gasteiger partial charge on any atom is -0.463 e. The molecule has 0 radical (unpaired) electrons. The highest BCUT2D eigenvalue weighted by molar-refractivity contribution is 7.17. The van der Waals surface area contributed by atoms with Crippen molar-refractivity contribution < 1.29 is 9.53 Å². The molecule has 0 amide bonds. The van der Waals surface area contributed by atoms with Gasteiger partial charge in [0.15, 0.2) is 5.82 Å². The van der Waals surface area contributed by atoms with Gasteiger partial charge in [-0.2, -0.15) is 5.26 Å². The molecule has 0 bridgehead atoms. The molecule has 27 heavy (non-hydrogen) atoms. The number of nitrogens with zero attached hydrogens (tertiary/aromatic N) is 6. The number of esters is 1. The second-order valence-electron chi connectivity index (χ2n) is 5.99. The molecule has 136 valence electrons. The summed E-state index contributed by atoms with van der Waals surface area (Å²) in [6.07, 6.45) is 1.66. The first kappa shape index (κ1) is 17.2. The van der Waals surface area contributed by atoms with Gasteiger partial charge >= 0.3 is 5.97 Å². The number of carbonyl (C=O) groups is 1. The van der Waals surface area contributed by atoms with E-state index in [0.29, 0.717) is 5.56 Å². The van der Waals surface area contributed by atoms with Crippen molar-refractivity contribution in [3.05, 3.63) is 41.2 Å². The molecule has 0 aromatic carbocycles. The van der Waals surface area contributed by atoms with Crippen LogP contribution in [0.3, 0.4) is 0 Å². The van der Waals surface area contributed by atoms with Gasteiger partial charge in [-0.05, 0) is 23.6 Å². The lowest BCUT2D eigenvalue weighted by molar-refractivity contribution is 0.0587. The van der Waals surface area contributed by atoms with Crippen molar-refractivity contribution in [1.29, 1.82) is 5.26 Å². The standard InChI is InChI=1S/C18H16N6O2S/c1-26-18(25)16-21-13-3-9-27-15(13)17(22-16)24-7-5-23(6-8-24)14-10-12(11-19)2-4-20-14/h2-4,9-10H,5-8H2,1H3. The average molecular weight is 380 g/mol. The van der Waals surface area contributed by atoms with Crippen LogP contribution in [0.1, 0.15) is 16.2 Å². The van der Waals surface area contributed by atoms with Crippen LogP contribution in [0.2, 0.25) is 0 Å². The number of nitriles is 1. The van der Waals surface area contributed by atoms with Crippen LogP contribution in [0.4, 0.5) is 11.6 Å². The Morgan fingerprint density at radius 2 is 2.00 bits per heavy atom. The molecule has 0 unspecified atom stereocenters. The average Bonchev–Trinajstić information content (AvgIpc) is 3.21. The lowest BCUT2D eigenvalue weighted by Gasteiger charge is -2.36. The number of rotatable bonds is 3. The summed E-state index contributed by atoms with van der Waals surface area (Å²) < 4.78 is 5.74. The topological polar surface area (TPSA) is 95.2 Å². The third-order valence-electron chi connectivity index (χ3n) is 4.43. The Kier molecular flexibility index (Phi) is 4.56. The van der Waals surface area contributed by atoms with E-state index in [1.165, 1.54) is 7.11 Å². The molecule has 4 heterocycles. The number of methoxy groups -OCH3 is 1. The molecule has 0 saturated carbocycles. The number of pyridine rings is 1. The van der Waals surface area contributed by atoms with E-state index in [-0.39, 0.29) is 5.82 Å². The smallest absolute Gasteiger partial charge is 0.376 e. The number of ether oxygens (including phenoxy) is 1. The number of hydrogen-bond donors (Lipinski definition) is 0. The lowest BCUT2D eigenvalue weighted by atomic mass is 10.2. The van der Waals surface area contributed by atoms with Gasteiger partial charge in [0.25, 0.3) is 0 Å². The molecule has 0 aliphatic carbocycles. The highest BCUT2D eigenvalue weighted by Gasteiger charge is 2.24. The summed E-state index contributed by atoms with van der Waals surface area (Å²) in [6.45, 7) is 2.94. The summed E-state index contributed by atoms with van der Waals surface area (Å²) in [5, 5.41) is 11.0. The van der Waals surface area contributed by atoms with E-state index in [0.717, 1.165) is 48.0 Å². The van der Waals surface area contributed by atoms with E-state index in [9.17, 15) is 4.79 Å². The van der Waals surface area contributed by atoms with Crippen molar-refractivity contribution in [3.63, 3.8) is 0 Å². The largest absolute Gasteiger partial charge is 0.463 e. The van der Waals surface area contributed by atoms with Gasteiger partial charge in [0.2, 0.25) is 5.82 Å². The van der Waals surface area contributed by atoms with Crippen molar-refractivity contribution in [1.82, 2.24) is 15.0 Å². The third-order valence-corrected chi connectivity index (χ3v) is 5.33. The van der Waals surface area contributed by atoms with E-state index >= 15 is 0 Å². The van der Waals surface area contributed by atoms with Gasteiger partial charge in [0.1, 0.15) is 5.82 Å². The van der Waals surface area contributed by atoms with Crippen molar-refractivity contribution >= 4 is 39.2 Å². The van der Waals surface area contributed by atoms with Crippen LogP contribution in [0.15, 0.2) is 29.8 Å². The SMILES string of the molecule is COC(=O)c1nc(N2CCN(c3cc(C#N)ccn3)CC2)c2sccc2n1. The molecule has 0 atom stereocenters. The van der Waals surface area contributed by atoms with E-state index < -0.39 is 5.97 Å². The minimum absolute atomic E-state index is 0.0733. The van der Waals surface area contributed by atoms with E-state index in [1.54, 1.807) is 29.7 Å². The Morgan fingerprint density at radius 3 is 2.74 bits per heavy atom. The Morgan fingerprint density at radius 1 is 1.22 bits per heavy atom. The molecule has 8 nitrogen and oxygen atoms in total. The minimum atomic E-state index is -0.541. The number of anilines is 2. The van der Waals surface area contributed by atoms with Gasteiger partial charge < -0.3 is 14.5 Å². The van der Waals surface area contributed by atoms with Crippen molar-refractivity contribution in [2.45, 2.75) is 0 Å². The molecule has 1 aliphatic rings. The predicted octanol–water partition coefficient (Wildman–Crippen LogP) is 2.07. The fourth-order valence-electron chi connectivity index (χ4n) is 3.05. The van der Waals surface area contributed by atoms with Gasteiger partial charge in [0.05, 0.1) is 29.0 Å². The molecular weight excluding hydrogens is 364 g/mol. The monoisotopic (exact) mass is 380 g/mol.